The maximum Gasteiger partial charge on any atom is 0.293 e. The van der Waals surface area contributed by atoms with Crippen LogP contribution >= 0.6 is 0 Å². The Morgan fingerprint density at radius 3 is 3.00 bits per heavy atom. The summed E-state index contributed by atoms with van der Waals surface area (Å²) in [7, 11) is 0. The Labute approximate surface area is 120 Å². The van der Waals surface area contributed by atoms with Crippen molar-refractivity contribution in [1.29, 1.82) is 0 Å². The predicted molar refractivity (Wildman–Crippen MR) is 80.0 cm³/mol. The monoisotopic (exact) mass is 279 g/mol. The van der Waals surface area contributed by atoms with Crippen molar-refractivity contribution in [2.24, 2.45) is 5.92 Å². The molecule has 1 aliphatic carbocycles. The van der Waals surface area contributed by atoms with Crippen LogP contribution in [0.5, 0.6) is 0 Å². The molecule has 5 heteroatoms. The fourth-order valence-electron chi connectivity index (χ4n) is 2.99. The lowest BCUT2D eigenvalue weighted by Crippen LogP contribution is -2.42. The van der Waals surface area contributed by atoms with Crippen LogP contribution in [-0.4, -0.2) is 26.8 Å². The average molecular weight is 279 g/mol. The normalized spacial score (nSPS) is 26.8. The zero-order chi connectivity index (χ0) is 14.8. The van der Waals surface area contributed by atoms with E-state index in [2.05, 4.69) is 17.2 Å². The molecule has 2 N–H and O–H groups in total. The molecule has 20 heavy (non-hydrogen) atoms. The minimum Gasteiger partial charge on any atom is -0.388 e. The molecule has 0 aliphatic heterocycles. The SMILES string of the molecule is CC1CCCC(O)(CNc2nccn(C(C)C)c2=O)C1. The van der Waals surface area contributed by atoms with Crippen molar-refractivity contribution in [3.05, 3.63) is 22.7 Å². The Hall–Kier alpha value is -1.36. The van der Waals surface area contributed by atoms with Crippen molar-refractivity contribution in [2.45, 2.75) is 58.1 Å². The van der Waals surface area contributed by atoms with Gasteiger partial charge in [-0.1, -0.05) is 19.8 Å². The summed E-state index contributed by atoms with van der Waals surface area (Å²) in [5.74, 6) is 0.861. The molecule has 0 spiro atoms. The molecular formula is C15H25N3O2. The van der Waals surface area contributed by atoms with Crippen LogP contribution in [0.3, 0.4) is 0 Å². The number of aliphatic hydroxyl groups is 1. The van der Waals surface area contributed by atoms with E-state index in [0.717, 1.165) is 19.3 Å². The molecule has 2 atom stereocenters. The summed E-state index contributed by atoms with van der Waals surface area (Å²) >= 11 is 0. The number of rotatable bonds is 4. The van der Waals surface area contributed by atoms with Gasteiger partial charge in [-0.2, -0.15) is 0 Å². The molecule has 0 radical (unpaired) electrons. The van der Waals surface area contributed by atoms with Gasteiger partial charge in [0.1, 0.15) is 0 Å². The van der Waals surface area contributed by atoms with Crippen molar-refractivity contribution in [3.63, 3.8) is 0 Å². The van der Waals surface area contributed by atoms with E-state index in [1.54, 1.807) is 17.0 Å². The van der Waals surface area contributed by atoms with E-state index in [-0.39, 0.29) is 11.6 Å². The van der Waals surface area contributed by atoms with Crippen molar-refractivity contribution < 1.29 is 5.11 Å². The predicted octanol–water partition coefficient (Wildman–Crippen LogP) is 2.18. The van der Waals surface area contributed by atoms with Crippen LogP contribution in [-0.2, 0) is 0 Å². The first-order valence-corrected chi connectivity index (χ1v) is 7.45. The van der Waals surface area contributed by atoms with Crippen molar-refractivity contribution >= 4 is 5.82 Å². The van der Waals surface area contributed by atoms with Crippen LogP contribution in [0.2, 0.25) is 0 Å². The second kappa shape index (κ2) is 5.95. The smallest absolute Gasteiger partial charge is 0.293 e. The number of hydrogen-bond donors (Lipinski definition) is 2. The fourth-order valence-corrected chi connectivity index (χ4v) is 2.99. The summed E-state index contributed by atoms with van der Waals surface area (Å²) in [5.41, 5.74) is -0.848. The number of aromatic nitrogens is 2. The summed E-state index contributed by atoms with van der Waals surface area (Å²) in [6.07, 6.45) is 7.09. The van der Waals surface area contributed by atoms with Crippen LogP contribution in [0.4, 0.5) is 5.82 Å². The standard InChI is InChI=1S/C15H25N3O2/c1-11(2)18-8-7-16-13(14(18)19)17-10-15(20)6-4-5-12(3)9-15/h7-8,11-12,20H,4-6,9-10H2,1-3H3,(H,16,17). The van der Waals surface area contributed by atoms with Crippen LogP contribution in [0.15, 0.2) is 17.2 Å². The van der Waals surface area contributed by atoms with Crippen molar-refractivity contribution in [3.8, 4) is 0 Å². The summed E-state index contributed by atoms with van der Waals surface area (Å²) in [6.45, 7) is 6.47. The van der Waals surface area contributed by atoms with Gasteiger partial charge in [0.05, 0.1) is 5.60 Å². The third-order valence-corrected chi connectivity index (χ3v) is 4.08. The van der Waals surface area contributed by atoms with E-state index in [0.29, 0.717) is 18.3 Å². The molecule has 1 aromatic rings. The van der Waals surface area contributed by atoms with Gasteiger partial charge < -0.3 is 15.0 Å². The molecule has 0 bridgehead atoms. The molecule has 5 nitrogen and oxygen atoms in total. The molecule has 0 saturated heterocycles. The van der Waals surface area contributed by atoms with E-state index in [4.69, 9.17) is 0 Å². The lowest BCUT2D eigenvalue weighted by Gasteiger charge is -2.35. The molecule has 2 rings (SSSR count). The minimum atomic E-state index is -0.718. The molecule has 2 unspecified atom stereocenters. The third-order valence-electron chi connectivity index (χ3n) is 4.08. The summed E-state index contributed by atoms with van der Waals surface area (Å²) in [6, 6.07) is 0.101. The molecule has 1 heterocycles. The highest BCUT2D eigenvalue weighted by molar-refractivity contribution is 5.31. The molecule has 112 valence electrons. The molecule has 1 saturated carbocycles. The number of nitrogens with one attached hydrogen (secondary N) is 1. The summed E-state index contributed by atoms with van der Waals surface area (Å²) < 4.78 is 1.64. The highest BCUT2D eigenvalue weighted by Crippen LogP contribution is 2.32. The van der Waals surface area contributed by atoms with Gasteiger partial charge in [0, 0.05) is 25.0 Å². The van der Waals surface area contributed by atoms with E-state index in [9.17, 15) is 9.90 Å². The molecular weight excluding hydrogens is 254 g/mol. The fraction of sp³-hybridized carbons (Fsp3) is 0.733. The second-order valence-electron chi connectivity index (χ2n) is 6.36. The summed E-state index contributed by atoms with van der Waals surface area (Å²) in [5, 5.41) is 13.6. The minimum absolute atomic E-state index is 0.101. The van der Waals surface area contributed by atoms with Gasteiger partial charge in [-0.15, -0.1) is 0 Å². The Morgan fingerprint density at radius 1 is 1.60 bits per heavy atom. The molecule has 0 aromatic carbocycles. The van der Waals surface area contributed by atoms with Gasteiger partial charge >= 0.3 is 0 Å². The van der Waals surface area contributed by atoms with E-state index >= 15 is 0 Å². The zero-order valence-electron chi connectivity index (χ0n) is 12.6. The maximum absolute atomic E-state index is 12.2. The van der Waals surface area contributed by atoms with Crippen LogP contribution in [0.1, 0.15) is 52.5 Å². The average Bonchev–Trinajstić information content (AvgIpc) is 2.37. The van der Waals surface area contributed by atoms with Crippen LogP contribution in [0.25, 0.3) is 0 Å². The number of hydrogen-bond acceptors (Lipinski definition) is 4. The molecule has 1 aliphatic rings. The lowest BCUT2D eigenvalue weighted by atomic mass is 9.79. The maximum atomic E-state index is 12.2. The number of anilines is 1. The van der Waals surface area contributed by atoms with Crippen molar-refractivity contribution in [2.75, 3.05) is 11.9 Å². The second-order valence-corrected chi connectivity index (χ2v) is 6.36. The Bertz CT molecular complexity index is 512. The first-order valence-electron chi connectivity index (χ1n) is 7.45. The van der Waals surface area contributed by atoms with E-state index in [1.807, 2.05) is 13.8 Å². The summed E-state index contributed by atoms with van der Waals surface area (Å²) in [4.78, 5) is 16.3. The van der Waals surface area contributed by atoms with Crippen LogP contribution < -0.4 is 10.9 Å². The van der Waals surface area contributed by atoms with E-state index in [1.165, 1.54) is 6.42 Å². The van der Waals surface area contributed by atoms with Gasteiger partial charge in [-0.25, -0.2) is 4.98 Å². The van der Waals surface area contributed by atoms with Gasteiger partial charge in [-0.3, -0.25) is 4.79 Å². The highest BCUT2D eigenvalue weighted by Gasteiger charge is 2.32. The largest absolute Gasteiger partial charge is 0.388 e. The topological polar surface area (TPSA) is 67.2 Å². The molecule has 1 fully saturated rings. The van der Waals surface area contributed by atoms with E-state index < -0.39 is 5.60 Å². The Kier molecular flexibility index (Phi) is 4.48. The zero-order valence-corrected chi connectivity index (χ0v) is 12.6. The quantitative estimate of drug-likeness (QED) is 0.886. The van der Waals surface area contributed by atoms with Gasteiger partial charge in [0.2, 0.25) is 0 Å². The third kappa shape index (κ3) is 3.39. The molecule has 1 aromatic heterocycles. The first-order chi connectivity index (χ1) is 9.41. The van der Waals surface area contributed by atoms with Gasteiger partial charge in [0.25, 0.3) is 5.56 Å². The highest BCUT2D eigenvalue weighted by atomic mass is 16.3. The van der Waals surface area contributed by atoms with Gasteiger partial charge in [0.15, 0.2) is 5.82 Å². The van der Waals surface area contributed by atoms with Crippen LogP contribution in [0, 0.1) is 5.92 Å². The first kappa shape index (κ1) is 15.0. The van der Waals surface area contributed by atoms with Gasteiger partial charge in [-0.05, 0) is 32.6 Å². The number of nitrogens with zero attached hydrogens (tertiary/aromatic N) is 2. The van der Waals surface area contributed by atoms with Crippen molar-refractivity contribution in [1.82, 2.24) is 9.55 Å². The lowest BCUT2D eigenvalue weighted by molar-refractivity contribution is -0.000853. The Morgan fingerprint density at radius 2 is 2.35 bits per heavy atom. The molecule has 0 amide bonds. The Balaban J connectivity index is 2.07.